The van der Waals surface area contributed by atoms with Gasteiger partial charge < -0.3 is 14.2 Å². The van der Waals surface area contributed by atoms with Crippen LogP contribution >= 0.6 is 0 Å². The molecule has 0 N–H and O–H groups in total. The third-order valence-electron chi connectivity index (χ3n) is 2.62. The lowest BCUT2D eigenvalue weighted by Gasteiger charge is -2.17. The summed E-state index contributed by atoms with van der Waals surface area (Å²) in [7, 11) is 0. The van der Waals surface area contributed by atoms with E-state index in [0.29, 0.717) is 0 Å². The van der Waals surface area contributed by atoms with E-state index in [9.17, 15) is 13.6 Å². The van der Waals surface area contributed by atoms with Gasteiger partial charge in [-0.05, 0) is 32.0 Å². The smallest absolute Gasteiger partial charge is 0.341 e. The van der Waals surface area contributed by atoms with E-state index in [1.165, 1.54) is 0 Å². The summed E-state index contributed by atoms with van der Waals surface area (Å²) in [6, 6.07) is 2.61. The zero-order valence-electron chi connectivity index (χ0n) is 10.6. The van der Waals surface area contributed by atoms with E-state index < -0.39 is 35.1 Å². The van der Waals surface area contributed by atoms with Gasteiger partial charge in [-0.3, -0.25) is 0 Å². The Morgan fingerprint density at radius 3 is 2.84 bits per heavy atom. The second-order valence-electron chi connectivity index (χ2n) is 4.67. The van der Waals surface area contributed by atoms with Crippen LogP contribution in [-0.2, 0) is 14.2 Å². The number of carbonyl (C=O) groups is 1. The first kappa shape index (κ1) is 13.9. The molecule has 0 spiro atoms. The molecule has 0 unspecified atom stereocenters. The van der Waals surface area contributed by atoms with Crippen molar-refractivity contribution in [3.8, 4) is 0 Å². The molecule has 0 aliphatic carbocycles. The SMILES string of the molecule is CC1(C)OC[C@H](COC(=O)c2cc(F)ccc2F)O1. The summed E-state index contributed by atoms with van der Waals surface area (Å²) in [5, 5.41) is 0. The van der Waals surface area contributed by atoms with Crippen molar-refractivity contribution in [3.05, 3.63) is 35.4 Å². The van der Waals surface area contributed by atoms with Gasteiger partial charge in [0.2, 0.25) is 0 Å². The Hall–Kier alpha value is -1.53. The van der Waals surface area contributed by atoms with Gasteiger partial charge in [-0.1, -0.05) is 0 Å². The number of benzene rings is 1. The van der Waals surface area contributed by atoms with Crippen LogP contribution in [0.3, 0.4) is 0 Å². The fourth-order valence-electron chi connectivity index (χ4n) is 1.75. The Morgan fingerprint density at radius 2 is 2.21 bits per heavy atom. The first-order chi connectivity index (χ1) is 8.87. The van der Waals surface area contributed by atoms with E-state index in [-0.39, 0.29) is 13.2 Å². The molecule has 0 bridgehead atoms. The average molecular weight is 272 g/mol. The molecule has 0 saturated carbocycles. The second kappa shape index (κ2) is 5.22. The summed E-state index contributed by atoms with van der Waals surface area (Å²) in [5.74, 6) is -3.17. The van der Waals surface area contributed by atoms with Crippen LogP contribution in [0.15, 0.2) is 18.2 Å². The highest BCUT2D eigenvalue weighted by Gasteiger charge is 2.33. The summed E-state index contributed by atoms with van der Waals surface area (Å²) in [6.45, 7) is 3.69. The standard InChI is InChI=1S/C13H14F2O4/c1-13(2)18-7-9(19-13)6-17-12(16)10-5-8(14)3-4-11(10)15/h3-5,9H,6-7H2,1-2H3/t9-/m0/s1. The number of esters is 1. The molecule has 1 aromatic carbocycles. The van der Waals surface area contributed by atoms with Crippen molar-refractivity contribution in [1.82, 2.24) is 0 Å². The molecule has 0 aromatic heterocycles. The van der Waals surface area contributed by atoms with Gasteiger partial charge in [-0.25, -0.2) is 13.6 Å². The van der Waals surface area contributed by atoms with Gasteiger partial charge in [0.05, 0.1) is 12.2 Å². The summed E-state index contributed by atoms with van der Waals surface area (Å²) in [4.78, 5) is 11.6. The molecule has 1 aliphatic heterocycles. The van der Waals surface area contributed by atoms with E-state index in [1.807, 2.05) is 0 Å². The van der Waals surface area contributed by atoms with Crippen molar-refractivity contribution in [2.24, 2.45) is 0 Å². The van der Waals surface area contributed by atoms with Crippen LogP contribution in [0.25, 0.3) is 0 Å². The summed E-state index contributed by atoms with van der Waals surface area (Å²) in [5.41, 5.74) is -0.432. The highest BCUT2D eigenvalue weighted by Crippen LogP contribution is 2.22. The fourth-order valence-corrected chi connectivity index (χ4v) is 1.75. The number of hydrogen-bond acceptors (Lipinski definition) is 4. The van der Waals surface area contributed by atoms with Gasteiger partial charge >= 0.3 is 5.97 Å². The number of hydrogen-bond donors (Lipinski definition) is 0. The number of rotatable bonds is 3. The molecule has 1 fully saturated rings. The molecule has 1 saturated heterocycles. The first-order valence-corrected chi connectivity index (χ1v) is 5.81. The fraction of sp³-hybridized carbons (Fsp3) is 0.462. The maximum atomic E-state index is 13.3. The monoisotopic (exact) mass is 272 g/mol. The van der Waals surface area contributed by atoms with Crippen LogP contribution < -0.4 is 0 Å². The Kier molecular flexibility index (Phi) is 3.82. The van der Waals surface area contributed by atoms with Gasteiger partial charge in [0.15, 0.2) is 5.79 Å². The summed E-state index contributed by atoms with van der Waals surface area (Å²) < 4.78 is 41.8. The Bertz CT molecular complexity index is 488. The molecule has 1 aliphatic rings. The quantitative estimate of drug-likeness (QED) is 0.792. The van der Waals surface area contributed by atoms with Crippen LogP contribution in [-0.4, -0.2) is 31.1 Å². The highest BCUT2D eigenvalue weighted by molar-refractivity contribution is 5.89. The maximum Gasteiger partial charge on any atom is 0.341 e. The minimum absolute atomic E-state index is 0.0712. The van der Waals surface area contributed by atoms with E-state index in [0.717, 1.165) is 18.2 Å². The molecule has 0 radical (unpaired) electrons. The minimum atomic E-state index is -0.926. The zero-order chi connectivity index (χ0) is 14.0. The molecule has 0 amide bonds. The molecule has 1 heterocycles. The van der Waals surface area contributed by atoms with Crippen LogP contribution in [0.5, 0.6) is 0 Å². The van der Waals surface area contributed by atoms with Crippen molar-refractivity contribution < 1.29 is 27.8 Å². The molecule has 1 aromatic rings. The average Bonchev–Trinajstić information content (AvgIpc) is 2.69. The normalized spacial score (nSPS) is 21.4. The van der Waals surface area contributed by atoms with Gasteiger partial charge in [0, 0.05) is 0 Å². The molecular formula is C13H14F2O4. The van der Waals surface area contributed by atoms with Crippen LogP contribution in [0.4, 0.5) is 8.78 Å². The van der Waals surface area contributed by atoms with Crippen molar-refractivity contribution in [2.75, 3.05) is 13.2 Å². The van der Waals surface area contributed by atoms with E-state index >= 15 is 0 Å². The molecule has 19 heavy (non-hydrogen) atoms. The lowest BCUT2D eigenvalue weighted by atomic mass is 10.2. The van der Waals surface area contributed by atoms with Gasteiger partial charge in [-0.15, -0.1) is 0 Å². The third kappa shape index (κ3) is 3.48. The van der Waals surface area contributed by atoms with Crippen LogP contribution in [0, 0.1) is 11.6 Å². The zero-order valence-corrected chi connectivity index (χ0v) is 10.6. The van der Waals surface area contributed by atoms with Gasteiger partial charge in [-0.2, -0.15) is 0 Å². The van der Waals surface area contributed by atoms with Crippen LogP contribution in [0.1, 0.15) is 24.2 Å². The number of halogens is 2. The highest BCUT2D eigenvalue weighted by atomic mass is 19.1. The molecule has 1 atom stereocenters. The van der Waals surface area contributed by atoms with Crippen LogP contribution in [0.2, 0.25) is 0 Å². The lowest BCUT2D eigenvalue weighted by Crippen LogP contribution is -2.25. The van der Waals surface area contributed by atoms with E-state index in [1.54, 1.807) is 13.8 Å². The Morgan fingerprint density at radius 1 is 1.47 bits per heavy atom. The third-order valence-corrected chi connectivity index (χ3v) is 2.62. The predicted molar refractivity (Wildman–Crippen MR) is 61.5 cm³/mol. The van der Waals surface area contributed by atoms with Crippen molar-refractivity contribution in [1.29, 1.82) is 0 Å². The number of ether oxygens (including phenoxy) is 3. The largest absolute Gasteiger partial charge is 0.459 e. The van der Waals surface area contributed by atoms with E-state index in [2.05, 4.69) is 0 Å². The molecule has 6 heteroatoms. The minimum Gasteiger partial charge on any atom is -0.459 e. The van der Waals surface area contributed by atoms with Gasteiger partial charge in [0.25, 0.3) is 0 Å². The first-order valence-electron chi connectivity index (χ1n) is 5.81. The molecule has 2 rings (SSSR count). The van der Waals surface area contributed by atoms with Crippen molar-refractivity contribution in [3.63, 3.8) is 0 Å². The predicted octanol–water partition coefficient (Wildman–Crippen LogP) is 2.27. The molecule has 4 nitrogen and oxygen atoms in total. The molecular weight excluding hydrogens is 258 g/mol. The Balaban J connectivity index is 1.93. The summed E-state index contributed by atoms with van der Waals surface area (Å²) >= 11 is 0. The van der Waals surface area contributed by atoms with Crippen molar-refractivity contribution >= 4 is 5.97 Å². The van der Waals surface area contributed by atoms with Gasteiger partial charge in [0.1, 0.15) is 24.3 Å². The number of carbonyl (C=O) groups excluding carboxylic acids is 1. The topological polar surface area (TPSA) is 44.8 Å². The Labute approximate surface area is 109 Å². The second-order valence-corrected chi connectivity index (χ2v) is 4.67. The van der Waals surface area contributed by atoms with Crippen molar-refractivity contribution in [2.45, 2.75) is 25.7 Å². The van der Waals surface area contributed by atoms with E-state index in [4.69, 9.17) is 14.2 Å². The lowest BCUT2D eigenvalue weighted by molar-refractivity contribution is -0.142. The maximum absolute atomic E-state index is 13.3. The molecule has 104 valence electrons. The summed E-state index contributed by atoms with van der Waals surface area (Å²) in [6.07, 6.45) is -0.407.